The van der Waals surface area contributed by atoms with E-state index in [1.807, 2.05) is 54.6 Å². The molecular weight excluding hydrogens is 334 g/mol. The smallest absolute Gasteiger partial charge is 0.246 e. The van der Waals surface area contributed by atoms with Crippen molar-refractivity contribution in [3.05, 3.63) is 60.5 Å². The summed E-state index contributed by atoms with van der Waals surface area (Å²) in [4.78, 5) is 16.1. The summed E-state index contributed by atoms with van der Waals surface area (Å²) in [6.45, 7) is 0.468. The topological polar surface area (TPSA) is 86.5 Å². The normalized spacial score (nSPS) is 10.3. The van der Waals surface area contributed by atoms with E-state index in [4.69, 9.17) is 14.0 Å². The Bertz CT molecular complexity index is 849. The maximum Gasteiger partial charge on any atom is 0.246 e. The first-order valence-electron chi connectivity index (χ1n) is 8.16. The number of carbonyl (C=O) groups excluding carboxylic acids is 1. The quantitative estimate of drug-likeness (QED) is 0.670. The van der Waals surface area contributed by atoms with Crippen LogP contribution in [0.15, 0.2) is 59.1 Å². The summed E-state index contributed by atoms with van der Waals surface area (Å²) in [5, 5.41) is 6.66. The second kappa shape index (κ2) is 8.66. The Hall–Kier alpha value is -3.35. The number of benzene rings is 2. The van der Waals surface area contributed by atoms with E-state index < -0.39 is 0 Å². The minimum atomic E-state index is -0.151. The number of carbonyl (C=O) groups is 1. The average molecular weight is 353 g/mol. The Morgan fingerprint density at radius 1 is 1.12 bits per heavy atom. The Morgan fingerprint density at radius 2 is 1.92 bits per heavy atom. The highest BCUT2D eigenvalue weighted by Crippen LogP contribution is 2.21. The fourth-order valence-corrected chi connectivity index (χ4v) is 2.25. The van der Waals surface area contributed by atoms with E-state index in [-0.39, 0.29) is 18.9 Å². The number of aromatic nitrogens is 2. The largest absolute Gasteiger partial charge is 0.497 e. The van der Waals surface area contributed by atoms with Crippen LogP contribution in [-0.4, -0.2) is 29.8 Å². The summed E-state index contributed by atoms with van der Waals surface area (Å²) < 4.78 is 15.8. The molecule has 1 amide bonds. The van der Waals surface area contributed by atoms with Gasteiger partial charge < -0.3 is 19.3 Å². The predicted octanol–water partition coefficient (Wildman–Crippen LogP) is 2.83. The third-order valence-corrected chi connectivity index (χ3v) is 3.57. The van der Waals surface area contributed by atoms with Crippen molar-refractivity contribution in [2.75, 3.05) is 13.7 Å². The standard InChI is InChI=1S/C19H19N3O4/c1-24-16-9-5-6-14(12-16)19-21-18(26-22-19)13-20-17(23)10-11-25-15-7-3-2-4-8-15/h2-9,12H,10-11,13H2,1H3,(H,20,23). The van der Waals surface area contributed by atoms with Gasteiger partial charge in [-0.15, -0.1) is 0 Å². The van der Waals surface area contributed by atoms with Crippen LogP contribution in [-0.2, 0) is 11.3 Å². The number of methoxy groups -OCH3 is 1. The molecule has 0 radical (unpaired) electrons. The molecule has 1 heterocycles. The molecule has 0 spiro atoms. The van der Waals surface area contributed by atoms with Crippen molar-refractivity contribution in [1.82, 2.24) is 15.5 Å². The maximum absolute atomic E-state index is 11.9. The summed E-state index contributed by atoms with van der Waals surface area (Å²) in [6, 6.07) is 16.7. The van der Waals surface area contributed by atoms with Gasteiger partial charge in [-0.05, 0) is 24.3 Å². The monoisotopic (exact) mass is 353 g/mol. The Labute approximate surface area is 150 Å². The van der Waals surface area contributed by atoms with Crippen LogP contribution in [0, 0.1) is 0 Å². The third kappa shape index (κ3) is 4.83. The summed E-state index contributed by atoms with van der Waals surface area (Å²) in [5.74, 6) is 2.07. The lowest BCUT2D eigenvalue weighted by Gasteiger charge is -2.05. The van der Waals surface area contributed by atoms with Crippen molar-refractivity contribution in [2.45, 2.75) is 13.0 Å². The summed E-state index contributed by atoms with van der Waals surface area (Å²) in [7, 11) is 1.60. The second-order valence-electron chi connectivity index (χ2n) is 5.43. The van der Waals surface area contributed by atoms with Crippen LogP contribution >= 0.6 is 0 Å². The molecule has 7 nitrogen and oxygen atoms in total. The van der Waals surface area contributed by atoms with Crippen molar-refractivity contribution in [2.24, 2.45) is 0 Å². The van der Waals surface area contributed by atoms with Crippen molar-refractivity contribution in [3.63, 3.8) is 0 Å². The molecule has 0 aliphatic carbocycles. The first-order valence-corrected chi connectivity index (χ1v) is 8.16. The van der Waals surface area contributed by atoms with Gasteiger partial charge in [0.15, 0.2) is 0 Å². The van der Waals surface area contributed by atoms with Crippen LogP contribution in [0.3, 0.4) is 0 Å². The molecule has 1 N–H and O–H groups in total. The van der Waals surface area contributed by atoms with E-state index in [9.17, 15) is 4.79 Å². The van der Waals surface area contributed by atoms with Gasteiger partial charge in [-0.3, -0.25) is 4.79 Å². The number of ether oxygens (including phenoxy) is 2. The highest BCUT2D eigenvalue weighted by Gasteiger charge is 2.10. The van der Waals surface area contributed by atoms with Crippen LogP contribution in [0.4, 0.5) is 0 Å². The molecular formula is C19H19N3O4. The van der Waals surface area contributed by atoms with Crippen LogP contribution in [0.2, 0.25) is 0 Å². The molecule has 1 aromatic heterocycles. The summed E-state index contributed by atoms with van der Waals surface area (Å²) >= 11 is 0. The number of amides is 1. The molecule has 0 saturated carbocycles. The van der Waals surface area contributed by atoms with Gasteiger partial charge in [0.2, 0.25) is 17.6 Å². The molecule has 26 heavy (non-hydrogen) atoms. The number of para-hydroxylation sites is 1. The van der Waals surface area contributed by atoms with Gasteiger partial charge in [0.05, 0.1) is 26.7 Å². The molecule has 7 heteroatoms. The molecule has 0 unspecified atom stereocenters. The lowest BCUT2D eigenvalue weighted by atomic mass is 10.2. The Morgan fingerprint density at radius 3 is 2.73 bits per heavy atom. The zero-order chi connectivity index (χ0) is 18.2. The zero-order valence-electron chi connectivity index (χ0n) is 14.3. The number of nitrogens with zero attached hydrogens (tertiary/aromatic N) is 2. The number of hydrogen-bond acceptors (Lipinski definition) is 6. The van der Waals surface area contributed by atoms with Gasteiger partial charge in [-0.25, -0.2) is 0 Å². The van der Waals surface area contributed by atoms with E-state index in [2.05, 4.69) is 15.5 Å². The highest BCUT2D eigenvalue weighted by atomic mass is 16.5. The minimum absolute atomic E-state index is 0.151. The lowest BCUT2D eigenvalue weighted by Crippen LogP contribution is -2.24. The minimum Gasteiger partial charge on any atom is -0.497 e. The molecule has 134 valence electrons. The molecule has 2 aromatic carbocycles. The van der Waals surface area contributed by atoms with Crippen molar-refractivity contribution in [3.8, 4) is 22.9 Å². The van der Waals surface area contributed by atoms with E-state index in [1.54, 1.807) is 7.11 Å². The van der Waals surface area contributed by atoms with Gasteiger partial charge in [0, 0.05) is 5.56 Å². The second-order valence-corrected chi connectivity index (χ2v) is 5.43. The fraction of sp³-hybridized carbons (Fsp3) is 0.211. The predicted molar refractivity (Wildman–Crippen MR) is 94.7 cm³/mol. The SMILES string of the molecule is COc1cccc(-c2noc(CNC(=O)CCOc3ccccc3)n2)c1. The molecule has 0 atom stereocenters. The molecule has 3 aromatic rings. The Kier molecular flexibility index (Phi) is 5.82. The van der Waals surface area contributed by atoms with Crippen molar-refractivity contribution in [1.29, 1.82) is 0 Å². The molecule has 0 bridgehead atoms. The van der Waals surface area contributed by atoms with E-state index in [1.165, 1.54) is 0 Å². The van der Waals surface area contributed by atoms with Crippen molar-refractivity contribution >= 4 is 5.91 Å². The third-order valence-electron chi connectivity index (χ3n) is 3.57. The highest BCUT2D eigenvalue weighted by molar-refractivity contribution is 5.75. The summed E-state index contributed by atoms with van der Waals surface area (Å²) in [6.07, 6.45) is 0.242. The number of hydrogen-bond donors (Lipinski definition) is 1. The molecule has 0 aliphatic heterocycles. The first-order chi connectivity index (χ1) is 12.7. The molecule has 0 aliphatic rings. The molecule has 3 rings (SSSR count). The van der Waals surface area contributed by atoms with Gasteiger partial charge in [-0.2, -0.15) is 4.98 Å². The van der Waals surface area contributed by atoms with Gasteiger partial charge in [0.1, 0.15) is 11.5 Å². The van der Waals surface area contributed by atoms with Crippen molar-refractivity contribution < 1.29 is 18.8 Å². The van der Waals surface area contributed by atoms with E-state index in [0.29, 0.717) is 24.1 Å². The first kappa shape index (κ1) is 17.5. The van der Waals surface area contributed by atoms with Gasteiger partial charge in [0.25, 0.3) is 0 Å². The summed E-state index contributed by atoms with van der Waals surface area (Å²) in [5.41, 5.74) is 0.780. The van der Waals surface area contributed by atoms with E-state index >= 15 is 0 Å². The lowest BCUT2D eigenvalue weighted by molar-refractivity contribution is -0.121. The van der Waals surface area contributed by atoms with Gasteiger partial charge in [-0.1, -0.05) is 35.5 Å². The Balaban J connectivity index is 1.46. The fourth-order valence-electron chi connectivity index (χ4n) is 2.25. The number of rotatable bonds is 8. The number of nitrogens with one attached hydrogen (secondary N) is 1. The van der Waals surface area contributed by atoms with Gasteiger partial charge >= 0.3 is 0 Å². The van der Waals surface area contributed by atoms with E-state index in [0.717, 1.165) is 11.3 Å². The van der Waals surface area contributed by atoms with Crippen LogP contribution < -0.4 is 14.8 Å². The average Bonchev–Trinajstić information content (AvgIpc) is 3.16. The zero-order valence-corrected chi connectivity index (χ0v) is 14.3. The molecule has 0 fully saturated rings. The van der Waals surface area contributed by atoms with Crippen LogP contribution in [0.5, 0.6) is 11.5 Å². The van der Waals surface area contributed by atoms with Crippen LogP contribution in [0.25, 0.3) is 11.4 Å². The maximum atomic E-state index is 11.9. The van der Waals surface area contributed by atoms with Crippen LogP contribution in [0.1, 0.15) is 12.3 Å². The molecule has 0 saturated heterocycles.